The van der Waals surface area contributed by atoms with Gasteiger partial charge in [0.2, 0.25) is 10.0 Å². The average molecular weight is 376 g/mol. The van der Waals surface area contributed by atoms with Crippen molar-refractivity contribution in [2.24, 2.45) is 5.14 Å². The Balaban J connectivity index is 1.79. The third kappa shape index (κ3) is 4.13. The van der Waals surface area contributed by atoms with Crippen molar-refractivity contribution in [3.8, 4) is 0 Å². The highest BCUT2D eigenvalue weighted by atomic mass is 32.2. The number of carbonyl (C=O) groups is 1. The second-order valence-electron chi connectivity index (χ2n) is 7.69. The molecule has 1 saturated carbocycles. The molecule has 0 aliphatic heterocycles. The van der Waals surface area contributed by atoms with Crippen LogP contribution in [0.4, 0.5) is 0 Å². The summed E-state index contributed by atoms with van der Waals surface area (Å²) in [5.74, 6) is 0.219. The van der Waals surface area contributed by atoms with E-state index >= 15 is 0 Å². The molecule has 140 valence electrons. The van der Waals surface area contributed by atoms with Crippen LogP contribution in [0.5, 0.6) is 0 Å². The van der Waals surface area contributed by atoms with Crippen LogP contribution in [-0.4, -0.2) is 24.1 Å². The first kappa shape index (κ1) is 18.6. The van der Waals surface area contributed by atoms with Gasteiger partial charge in [-0.2, -0.15) is 5.10 Å². The van der Waals surface area contributed by atoms with Gasteiger partial charge >= 0.3 is 0 Å². The second kappa shape index (κ2) is 6.51. The molecule has 0 bridgehead atoms. The van der Waals surface area contributed by atoms with E-state index in [1.165, 1.54) is 12.1 Å². The largest absolute Gasteiger partial charge is 0.347 e. The monoisotopic (exact) mass is 376 g/mol. The van der Waals surface area contributed by atoms with E-state index in [-0.39, 0.29) is 22.9 Å². The molecule has 1 aliphatic carbocycles. The number of sulfonamides is 1. The Labute approximate surface area is 153 Å². The number of nitrogens with zero attached hydrogens (tertiary/aromatic N) is 2. The van der Waals surface area contributed by atoms with Crippen molar-refractivity contribution in [2.75, 3.05) is 0 Å². The molecule has 0 atom stereocenters. The fourth-order valence-electron chi connectivity index (χ4n) is 2.76. The molecule has 2 aromatic rings. The van der Waals surface area contributed by atoms with E-state index in [9.17, 15) is 13.2 Å². The van der Waals surface area contributed by atoms with E-state index in [0.29, 0.717) is 17.2 Å². The summed E-state index contributed by atoms with van der Waals surface area (Å²) in [4.78, 5) is 12.7. The van der Waals surface area contributed by atoms with E-state index in [0.717, 1.165) is 18.5 Å². The summed E-state index contributed by atoms with van der Waals surface area (Å²) in [6, 6.07) is 8.10. The number of hydrogen-bond acceptors (Lipinski definition) is 4. The highest BCUT2D eigenvalue weighted by Gasteiger charge is 2.31. The molecule has 7 nitrogen and oxygen atoms in total. The fraction of sp³-hybridized carbons (Fsp3) is 0.444. The molecule has 0 spiro atoms. The van der Waals surface area contributed by atoms with Crippen LogP contribution in [0.3, 0.4) is 0 Å². The normalized spacial score (nSPS) is 15.1. The van der Waals surface area contributed by atoms with E-state index in [4.69, 9.17) is 5.14 Å². The summed E-state index contributed by atoms with van der Waals surface area (Å²) in [7, 11) is -3.77. The van der Waals surface area contributed by atoms with Crippen LogP contribution in [0.2, 0.25) is 0 Å². The molecule has 1 amide bonds. The lowest BCUT2D eigenvalue weighted by molar-refractivity contribution is 0.0932. The second-order valence-corrected chi connectivity index (χ2v) is 9.25. The third-order valence-corrected chi connectivity index (χ3v) is 5.18. The summed E-state index contributed by atoms with van der Waals surface area (Å²) in [6.07, 6.45) is 2.23. The molecule has 3 rings (SSSR count). The van der Waals surface area contributed by atoms with Gasteiger partial charge in [-0.25, -0.2) is 13.6 Å². The standard InChI is InChI=1S/C18H24N4O3S/c1-18(2,3)22-16(10-15(21-22)13-7-8-13)17(23)20-11-12-5-4-6-14(9-12)26(19,24)25/h4-6,9-10,13H,7-8,11H2,1-3H3,(H,20,23)(H2,19,24,25). The molecule has 1 aromatic carbocycles. The molecule has 0 unspecified atom stereocenters. The molecule has 26 heavy (non-hydrogen) atoms. The topological polar surface area (TPSA) is 107 Å². The maximum absolute atomic E-state index is 12.7. The minimum atomic E-state index is -3.77. The van der Waals surface area contributed by atoms with E-state index in [2.05, 4.69) is 10.4 Å². The zero-order chi connectivity index (χ0) is 19.1. The summed E-state index contributed by atoms with van der Waals surface area (Å²) in [5.41, 5.74) is 1.82. The zero-order valence-electron chi connectivity index (χ0n) is 15.2. The number of nitrogens with one attached hydrogen (secondary N) is 1. The summed E-state index contributed by atoms with van der Waals surface area (Å²) in [5, 5.41) is 12.6. The molecule has 3 N–H and O–H groups in total. The lowest BCUT2D eigenvalue weighted by atomic mass is 10.1. The van der Waals surface area contributed by atoms with E-state index in [1.54, 1.807) is 16.8 Å². The Bertz CT molecular complexity index is 938. The number of benzene rings is 1. The highest BCUT2D eigenvalue weighted by molar-refractivity contribution is 7.89. The van der Waals surface area contributed by atoms with Crippen molar-refractivity contribution < 1.29 is 13.2 Å². The van der Waals surface area contributed by atoms with Crippen molar-refractivity contribution in [1.29, 1.82) is 0 Å². The Morgan fingerprint density at radius 2 is 2.00 bits per heavy atom. The summed E-state index contributed by atoms with van der Waals surface area (Å²) in [6.45, 7) is 6.21. The number of primary sulfonamides is 1. The Hall–Kier alpha value is -2.19. The molecular formula is C18H24N4O3S. The van der Waals surface area contributed by atoms with Gasteiger partial charge in [-0.1, -0.05) is 12.1 Å². The van der Waals surface area contributed by atoms with Gasteiger partial charge in [-0.05, 0) is 57.4 Å². The minimum absolute atomic E-state index is 0.0278. The number of hydrogen-bond donors (Lipinski definition) is 2. The van der Waals surface area contributed by atoms with Crippen LogP contribution in [-0.2, 0) is 22.1 Å². The van der Waals surface area contributed by atoms with Gasteiger partial charge in [0.25, 0.3) is 5.91 Å². The van der Waals surface area contributed by atoms with Gasteiger partial charge in [-0.3, -0.25) is 9.48 Å². The molecule has 1 aliphatic rings. The van der Waals surface area contributed by atoms with Gasteiger partial charge in [0.1, 0.15) is 5.69 Å². The SMILES string of the molecule is CC(C)(C)n1nc(C2CC2)cc1C(=O)NCc1cccc(S(N)(=O)=O)c1. The van der Waals surface area contributed by atoms with Gasteiger partial charge in [0.05, 0.1) is 16.1 Å². The molecule has 1 aromatic heterocycles. The van der Waals surface area contributed by atoms with E-state index in [1.807, 2.05) is 26.8 Å². The first-order valence-corrected chi connectivity index (χ1v) is 10.1. The van der Waals surface area contributed by atoms with Gasteiger partial charge in [0.15, 0.2) is 0 Å². The molecule has 1 fully saturated rings. The number of amides is 1. The molecular weight excluding hydrogens is 352 g/mol. The van der Waals surface area contributed by atoms with Gasteiger partial charge < -0.3 is 5.32 Å². The van der Waals surface area contributed by atoms with Crippen molar-refractivity contribution in [1.82, 2.24) is 15.1 Å². The smallest absolute Gasteiger partial charge is 0.269 e. The summed E-state index contributed by atoms with van der Waals surface area (Å²) >= 11 is 0. The average Bonchev–Trinajstić information content (AvgIpc) is 3.29. The Kier molecular flexibility index (Phi) is 4.66. The maximum atomic E-state index is 12.7. The van der Waals surface area contributed by atoms with Gasteiger partial charge in [0, 0.05) is 12.5 Å². The molecule has 8 heteroatoms. The van der Waals surface area contributed by atoms with Crippen LogP contribution in [0, 0.1) is 0 Å². The number of carbonyl (C=O) groups excluding carboxylic acids is 1. The predicted octanol–water partition coefficient (Wildman–Crippen LogP) is 2.09. The molecule has 0 radical (unpaired) electrons. The lowest BCUT2D eigenvalue weighted by Gasteiger charge is -2.22. The minimum Gasteiger partial charge on any atom is -0.347 e. The van der Waals surface area contributed by atoms with Crippen LogP contribution >= 0.6 is 0 Å². The van der Waals surface area contributed by atoms with E-state index < -0.39 is 10.0 Å². The van der Waals surface area contributed by atoms with Crippen molar-refractivity contribution >= 4 is 15.9 Å². The predicted molar refractivity (Wildman–Crippen MR) is 98.2 cm³/mol. The van der Waals surface area contributed by atoms with Crippen LogP contribution in [0.15, 0.2) is 35.2 Å². The zero-order valence-corrected chi connectivity index (χ0v) is 16.0. The van der Waals surface area contributed by atoms with Crippen LogP contribution in [0.1, 0.15) is 61.3 Å². The van der Waals surface area contributed by atoms with Gasteiger partial charge in [-0.15, -0.1) is 0 Å². The number of nitrogens with two attached hydrogens (primary N) is 1. The number of rotatable bonds is 5. The van der Waals surface area contributed by atoms with Crippen molar-refractivity contribution in [3.63, 3.8) is 0 Å². The quantitative estimate of drug-likeness (QED) is 0.833. The van der Waals surface area contributed by atoms with Crippen LogP contribution in [0.25, 0.3) is 0 Å². The molecule has 0 saturated heterocycles. The lowest BCUT2D eigenvalue weighted by Crippen LogP contribution is -2.32. The van der Waals surface area contributed by atoms with Crippen LogP contribution < -0.4 is 10.5 Å². The maximum Gasteiger partial charge on any atom is 0.269 e. The van der Waals surface area contributed by atoms with Crippen molar-refractivity contribution in [3.05, 3.63) is 47.3 Å². The molecule has 1 heterocycles. The first-order valence-electron chi connectivity index (χ1n) is 8.56. The summed E-state index contributed by atoms with van der Waals surface area (Å²) < 4.78 is 24.7. The van der Waals surface area contributed by atoms with Crippen molar-refractivity contribution in [2.45, 2.75) is 56.5 Å². The Morgan fingerprint density at radius 1 is 1.31 bits per heavy atom. The first-order chi connectivity index (χ1) is 12.1. The number of aromatic nitrogens is 2. The third-order valence-electron chi connectivity index (χ3n) is 4.27. The Morgan fingerprint density at radius 3 is 2.58 bits per heavy atom. The fourth-order valence-corrected chi connectivity index (χ4v) is 3.34. The highest BCUT2D eigenvalue weighted by Crippen LogP contribution is 2.40.